The SMILES string of the molecule is COCCN1CN=C2N[C@@H](c3cccs3)n3c(nc4ccccc43)N2C1. The molecular weight excluding hydrogens is 348 g/mol. The van der Waals surface area contributed by atoms with Gasteiger partial charge in [-0.3, -0.25) is 14.4 Å². The highest BCUT2D eigenvalue weighted by atomic mass is 32.1. The third-order valence-electron chi connectivity index (χ3n) is 4.78. The van der Waals surface area contributed by atoms with E-state index in [-0.39, 0.29) is 6.17 Å². The average Bonchev–Trinajstić information content (AvgIpc) is 3.34. The van der Waals surface area contributed by atoms with Gasteiger partial charge in [-0.25, -0.2) is 9.98 Å². The molecule has 1 aromatic carbocycles. The number of fused-ring (bicyclic) bond motifs is 5. The van der Waals surface area contributed by atoms with E-state index in [1.165, 1.54) is 4.88 Å². The van der Waals surface area contributed by atoms with E-state index in [0.29, 0.717) is 13.3 Å². The first-order chi connectivity index (χ1) is 12.8. The Bertz CT molecular complexity index is 950. The molecule has 5 rings (SSSR count). The minimum absolute atomic E-state index is 0.0120. The maximum Gasteiger partial charge on any atom is 0.216 e. The van der Waals surface area contributed by atoms with E-state index in [1.807, 2.05) is 6.07 Å². The second-order valence-corrected chi connectivity index (χ2v) is 7.39. The van der Waals surface area contributed by atoms with E-state index < -0.39 is 0 Å². The lowest BCUT2D eigenvalue weighted by molar-refractivity contribution is 0.147. The number of aliphatic imine (C=N–C) groups is 1. The number of guanidine groups is 1. The van der Waals surface area contributed by atoms with Crippen LogP contribution in [0.25, 0.3) is 11.0 Å². The predicted molar refractivity (Wildman–Crippen MR) is 104 cm³/mol. The van der Waals surface area contributed by atoms with Crippen molar-refractivity contribution >= 4 is 34.3 Å². The minimum Gasteiger partial charge on any atom is -0.383 e. The Morgan fingerprint density at radius 1 is 1.27 bits per heavy atom. The van der Waals surface area contributed by atoms with Gasteiger partial charge in [0.2, 0.25) is 11.9 Å². The topological polar surface area (TPSA) is 57.9 Å². The third kappa shape index (κ3) is 2.49. The molecule has 4 heterocycles. The largest absolute Gasteiger partial charge is 0.383 e. The number of ether oxygens (including phenoxy) is 1. The van der Waals surface area contributed by atoms with E-state index in [4.69, 9.17) is 14.7 Å². The Labute approximate surface area is 155 Å². The first kappa shape index (κ1) is 15.8. The standard InChI is InChI=1S/C18H20N6OS/c1-25-9-8-22-11-19-17-21-16(15-7-4-10-26-15)24-14-6-3-2-5-13(14)20-18(24)23(17)12-22/h2-7,10,16H,8-9,11-12H2,1H3,(H,19,21)/t16-/m1/s1. The molecule has 0 spiro atoms. The lowest BCUT2D eigenvalue weighted by atomic mass is 10.3. The van der Waals surface area contributed by atoms with E-state index in [2.05, 4.69) is 55.4 Å². The van der Waals surface area contributed by atoms with Crippen molar-refractivity contribution in [3.8, 4) is 0 Å². The van der Waals surface area contributed by atoms with Crippen LogP contribution in [-0.4, -0.2) is 54.0 Å². The lowest BCUT2D eigenvalue weighted by Gasteiger charge is -2.41. The summed E-state index contributed by atoms with van der Waals surface area (Å²) in [6, 6.07) is 12.5. The molecule has 26 heavy (non-hydrogen) atoms. The quantitative estimate of drug-likeness (QED) is 0.766. The number of benzene rings is 1. The fourth-order valence-electron chi connectivity index (χ4n) is 3.52. The Hall–Kier alpha value is -2.42. The highest BCUT2D eigenvalue weighted by molar-refractivity contribution is 7.10. The van der Waals surface area contributed by atoms with Crippen molar-refractivity contribution in [3.05, 3.63) is 46.7 Å². The molecule has 7 nitrogen and oxygen atoms in total. The molecule has 2 aliphatic heterocycles. The van der Waals surface area contributed by atoms with Gasteiger partial charge in [0.15, 0.2) is 0 Å². The molecule has 0 saturated heterocycles. The van der Waals surface area contributed by atoms with Crippen molar-refractivity contribution in [2.24, 2.45) is 4.99 Å². The Balaban J connectivity index is 1.62. The number of aromatic nitrogens is 2. The number of para-hydroxylation sites is 2. The summed E-state index contributed by atoms with van der Waals surface area (Å²) in [7, 11) is 1.73. The van der Waals surface area contributed by atoms with Crippen molar-refractivity contribution in [1.82, 2.24) is 19.8 Å². The summed E-state index contributed by atoms with van der Waals surface area (Å²) in [5, 5.41) is 5.73. The van der Waals surface area contributed by atoms with Gasteiger partial charge in [0.05, 0.1) is 31.0 Å². The monoisotopic (exact) mass is 368 g/mol. The minimum atomic E-state index is 0.0120. The van der Waals surface area contributed by atoms with Crippen molar-refractivity contribution < 1.29 is 4.74 Å². The second kappa shape index (κ2) is 6.39. The molecule has 8 heteroatoms. The van der Waals surface area contributed by atoms with Crippen LogP contribution in [0.1, 0.15) is 11.0 Å². The average molecular weight is 368 g/mol. The number of hydrogen-bond acceptors (Lipinski definition) is 7. The lowest BCUT2D eigenvalue weighted by Crippen LogP contribution is -2.57. The van der Waals surface area contributed by atoms with E-state index in [1.54, 1.807) is 18.4 Å². The Morgan fingerprint density at radius 2 is 2.19 bits per heavy atom. The predicted octanol–water partition coefficient (Wildman–Crippen LogP) is 2.29. The number of rotatable bonds is 4. The number of methoxy groups -OCH3 is 1. The summed E-state index contributed by atoms with van der Waals surface area (Å²) in [6.07, 6.45) is 0.0120. The van der Waals surface area contributed by atoms with Crippen LogP contribution >= 0.6 is 11.3 Å². The first-order valence-corrected chi connectivity index (χ1v) is 9.53. The molecule has 2 aliphatic rings. The van der Waals surface area contributed by atoms with Gasteiger partial charge < -0.3 is 10.1 Å². The number of anilines is 1. The summed E-state index contributed by atoms with van der Waals surface area (Å²) in [5.74, 6) is 1.82. The van der Waals surface area contributed by atoms with Gasteiger partial charge in [-0.2, -0.15) is 0 Å². The molecule has 0 amide bonds. The molecule has 1 N–H and O–H groups in total. The third-order valence-corrected chi connectivity index (χ3v) is 5.71. The number of nitrogens with one attached hydrogen (secondary N) is 1. The summed E-state index contributed by atoms with van der Waals surface area (Å²) in [6.45, 7) is 2.95. The molecule has 0 fully saturated rings. The number of nitrogens with zero attached hydrogens (tertiary/aromatic N) is 5. The van der Waals surface area contributed by atoms with Crippen LogP contribution in [0.3, 0.4) is 0 Å². The van der Waals surface area contributed by atoms with Crippen LogP contribution in [0, 0.1) is 0 Å². The highest BCUT2D eigenvalue weighted by Gasteiger charge is 2.35. The molecule has 2 aromatic heterocycles. The highest BCUT2D eigenvalue weighted by Crippen LogP contribution is 2.35. The maximum atomic E-state index is 5.22. The van der Waals surface area contributed by atoms with Crippen LogP contribution in [0.15, 0.2) is 46.8 Å². The van der Waals surface area contributed by atoms with Gasteiger partial charge in [-0.15, -0.1) is 11.3 Å². The zero-order valence-corrected chi connectivity index (χ0v) is 15.3. The van der Waals surface area contributed by atoms with Crippen LogP contribution < -0.4 is 10.2 Å². The zero-order chi connectivity index (χ0) is 17.5. The molecular formula is C18H20N6OS. The van der Waals surface area contributed by atoms with Gasteiger partial charge in [0.1, 0.15) is 6.17 Å². The Kier molecular flexibility index (Phi) is 3.88. The summed E-state index contributed by atoms with van der Waals surface area (Å²) < 4.78 is 7.50. The van der Waals surface area contributed by atoms with Crippen molar-refractivity contribution in [1.29, 1.82) is 0 Å². The van der Waals surface area contributed by atoms with Gasteiger partial charge in [0, 0.05) is 18.5 Å². The number of imidazole rings is 1. The smallest absolute Gasteiger partial charge is 0.216 e. The summed E-state index contributed by atoms with van der Waals surface area (Å²) in [5.41, 5.74) is 2.13. The molecule has 0 aliphatic carbocycles. The van der Waals surface area contributed by atoms with Crippen LogP contribution in [0.5, 0.6) is 0 Å². The molecule has 0 radical (unpaired) electrons. The van der Waals surface area contributed by atoms with Crippen LogP contribution in [0.4, 0.5) is 5.95 Å². The van der Waals surface area contributed by atoms with Crippen LogP contribution in [0.2, 0.25) is 0 Å². The van der Waals surface area contributed by atoms with E-state index >= 15 is 0 Å². The van der Waals surface area contributed by atoms with Crippen molar-refractivity contribution in [2.75, 3.05) is 38.5 Å². The molecule has 1 atom stereocenters. The molecule has 0 saturated carbocycles. The maximum absolute atomic E-state index is 5.22. The Morgan fingerprint density at radius 3 is 3.04 bits per heavy atom. The van der Waals surface area contributed by atoms with Gasteiger partial charge >= 0.3 is 0 Å². The van der Waals surface area contributed by atoms with Crippen LogP contribution in [-0.2, 0) is 4.74 Å². The molecule has 0 unspecified atom stereocenters. The van der Waals surface area contributed by atoms with Crippen molar-refractivity contribution in [2.45, 2.75) is 6.17 Å². The van der Waals surface area contributed by atoms with E-state index in [0.717, 1.165) is 36.2 Å². The van der Waals surface area contributed by atoms with Gasteiger partial charge in [-0.05, 0) is 23.6 Å². The van der Waals surface area contributed by atoms with Crippen molar-refractivity contribution in [3.63, 3.8) is 0 Å². The summed E-state index contributed by atoms with van der Waals surface area (Å²) >= 11 is 1.74. The zero-order valence-electron chi connectivity index (χ0n) is 14.5. The van der Waals surface area contributed by atoms with Gasteiger partial charge in [-0.1, -0.05) is 18.2 Å². The molecule has 3 aromatic rings. The van der Waals surface area contributed by atoms with E-state index in [9.17, 15) is 0 Å². The number of hydrogen-bond donors (Lipinski definition) is 1. The fourth-order valence-corrected chi connectivity index (χ4v) is 4.28. The molecule has 0 bridgehead atoms. The normalized spacial score (nSPS) is 19.8. The number of thiophene rings is 1. The molecule has 134 valence electrons. The second-order valence-electron chi connectivity index (χ2n) is 6.41. The fraction of sp³-hybridized carbons (Fsp3) is 0.333. The first-order valence-electron chi connectivity index (χ1n) is 8.65. The summed E-state index contributed by atoms with van der Waals surface area (Å²) in [4.78, 5) is 15.4. The van der Waals surface area contributed by atoms with Gasteiger partial charge in [0.25, 0.3) is 0 Å².